The standard InChI is InChI=1S/C21H27F2N3O3/c1-24-21(25-9-7-14-11-15(22)5-6-18(14)23)26-10-8-17-19(28-3)12-16(27-2)13-20(17)29-4/h5-6,11-13H,7-10H2,1-4H3,(H2,24,25,26). The molecule has 0 saturated heterocycles. The highest BCUT2D eigenvalue weighted by Gasteiger charge is 2.13. The molecule has 0 aliphatic carbocycles. The van der Waals surface area contributed by atoms with E-state index >= 15 is 0 Å². The Morgan fingerprint density at radius 1 is 0.897 bits per heavy atom. The van der Waals surface area contributed by atoms with Gasteiger partial charge in [0.15, 0.2) is 5.96 Å². The van der Waals surface area contributed by atoms with Crippen molar-refractivity contribution < 1.29 is 23.0 Å². The number of guanidine groups is 1. The van der Waals surface area contributed by atoms with Crippen LogP contribution in [0.25, 0.3) is 0 Å². The molecule has 2 rings (SSSR count). The van der Waals surface area contributed by atoms with Crippen molar-refractivity contribution in [2.45, 2.75) is 12.8 Å². The number of nitrogens with one attached hydrogen (secondary N) is 2. The molecule has 0 aliphatic rings. The Bertz CT molecular complexity index is 819. The van der Waals surface area contributed by atoms with Crippen LogP contribution in [0, 0.1) is 11.6 Å². The summed E-state index contributed by atoms with van der Waals surface area (Å²) in [5, 5.41) is 6.28. The fourth-order valence-electron chi connectivity index (χ4n) is 2.90. The first-order valence-electron chi connectivity index (χ1n) is 9.19. The normalized spacial score (nSPS) is 11.2. The third-order valence-electron chi connectivity index (χ3n) is 4.40. The maximum atomic E-state index is 13.7. The summed E-state index contributed by atoms with van der Waals surface area (Å²) >= 11 is 0. The van der Waals surface area contributed by atoms with E-state index in [0.717, 1.165) is 17.7 Å². The number of methoxy groups -OCH3 is 3. The fourth-order valence-corrected chi connectivity index (χ4v) is 2.90. The van der Waals surface area contributed by atoms with E-state index in [0.29, 0.717) is 54.7 Å². The van der Waals surface area contributed by atoms with Gasteiger partial charge in [-0.15, -0.1) is 0 Å². The minimum absolute atomic E-state index is 0.320. The minimum Gasteiger partial charge on any atom is -0.496 e. The maximum absolute atomic E-state index is 13.7. The van der Waals surface area contributed by atoms with Crippen molar-refractivity contribution in [3.8, 4) is 17.2 Å². The van der Waals surface area contributed by atoms with E-state index in [9.17, 15) is 8.78 Å². The molecule has 0 amide bonds. The molecule has 2 aromatic carbocycles. The molecular weight excluding hydrogens is 380 g/mol. The molecule has 0 radical (unpaired) electrons. The highest BCUT2D eigenvalue weighted by molar-refractivity contribution is 5.79. The quantitative estimate of drug-likeness (QED) is 0.494. The van der Waals surface area contributed by atoms with Crippen LogP contribution in [0.1, 0.15) is 11.1 Å². The van der Waals surface area contributed by atoms with E-state index in [1.54, 1.807) is 40.5 Å². The molecule has 0 spiro atoms. The monoisotopic (exact) mass is 407 g/mol. The Labute approximate surface area is 169 Å². The molecule has 8 heteroatoms. The van der Waals surface area contributed by atoms with E-state index in [2.05, 4.69) is 15.6 Å². The van der Waals surface area contributed by atoms with Gasteiger partial charge >= 0.3 is 0 Å². The lowest BCUT2D eigenvalue weighted by atomic mass is 10.1. The van der Waals surface area contributed by atoms with Crippen LogP contribution in [-0.4, -0.2) is 47.4 Å². The first kappa shape index (κ1) is 22.3. The first-order chi connectivity index (χ1) is 14.0. The SMILES string of the molecule is CN=C(NCCc1cc(F)ccc1F)NCCc1c(OC)cc(OC)cc1OC. The van der Waals surface area contributed by atoms with Crippen LogP contribution in [0.3, 0.4) is 0 Å². The van der Waals surface area contributed by atoms with Gasteiger partial charge in [-0.05, 0) is 36.6 Å². The molecule has 0 fully saturated rings. The third kappa shape index (κ3) is 6.23. The second-order valence-corrected chi connectivity index (χ2v) is 6.17. The van der Waals surface area contributed by atoms with E-state index in [-0.39, 0.29) is 0 Å². The summed E-state index contributed by atoms with van der Waals surface area (Å²) in [6.45, 7) is 0.974. The predicted molar refractivity (Wildman–Crippen MR) is 109 cm³/mol. The van der Waals surface area contributed by atoms with Gasteiger partial charge in [-0.3, -0.25) is 4.99 Å². The molecule has 0 aliphatic heterocycles. The van der Waals surface area contributed by atoms with Crippen molar-refractivity contribution in [2.24, 2.45) is 4.99 Å². The van der Waals surface area contributed by atoms with Crippen LogP contribution in [0.5, 0.6) is 17.2 Å². The zero-order valence-corrected chi connectivity index (χ0v) is 17.1. The number of hydrogen-bond donors (Lipinski definition) is 2. The molecule has 2 aromatic rings. The average Bonchev–Trinajstić information content (AvgIpc) is 2.74. The summed E-state index contributed by atoms with van der Waals surface area (Å²) in [7, 11) is 6.42. The smallest absolute Gasteiger partial charge is 0.190 e. The number of aliphatic imine (C=N–C) groups is 1. The summed E-state index contributed by atoms with van der Waals surface area (Å²) < 4.78 is 43.1. The summed E-state index contributed by atoms with van der Waals surface area (Å²) in [4.78, 5) is 4.15. The Kier molecular flexibility index (Phi) is 8.51. The van der Waals surface area contributed by atoms with Gasteiger partial charge in [-0.2, -0.15) is 0 Å². The van der Waals surface area contributed by atoms with Gasteiger partial charge in [0.2, 0.25) is 0 Å². The van der Waals surface area contributed by atoms with Gasteiger partial charge in [0, 0.05) is 37.8 Å². The Morgan fingerprint density at radius 3 is 2.07 bits per heavy atom. The number of halogens is 2. The number of benzene rings is 2. The second kappa shape index (κ2) is 11.1. The van der Waals surface area contributed by atoms with Crippen LogP contribution in [0.4, 0.5) is 8.78 Å². The van der Waals surface area contributed by atoms with E-state index in [4.69, 9.17) is 14.2 Å². The molecule has 2 N–H and O–H groups in total. The van der Waals surface area contributed by atoms with Crippen LogP contribution in [0.15, 0.2) is 35.3 Å². The molecule has 158 valence electrons. The lowest BCUT2D eigenvalue weighted by Crippen LogP contribution is -2.39. The van der Waals surface area contributed by atoms with Crippen LogP contribution in [0.2, 0.25) is 0 Å². The predicted octanol–water partition coefficient (Wildman–Crippen LogP) is 2.94. The molecule has 0 unspecified atom stereocenters. The molecule has 0 atom stereocenters. The highest BCUT2D eigenvalue weighted by Crippen LogP contribution is 2.34. The summed E-state index contributed by atoms with van der Waals surface area (Å²) in [6, 6.07) is 7.05. The molecule has 29 heavy (non-hydrogen) atoms. The Morgan fingerprint density at radius 2 is 1.52 bits per heavy atom. The van der Waals surface area contributed by atoms with Crippen molar-refractivity contribution in [1.29, 1.82) is 0 Å². The van der Waals surface area contributed by atoms with Crippen molar-refractivity contribution in [2.75, 3.05) is 41.5 Å². The summed E-state index contributed by atoms with van der Waals surface area (Å²) in [6.07, 6.45) is 0.958. The van der Waals surface area contributed by atoms with Crippen LogP contribution in [-0.2, 0) is 12.8 Å². The van der Waals surface area contributed by atoms with Gasteiger partial charge in [0.1, 0.15) is 28.9 Å². The van der Waals surface area contributed by atoms with E-state index < -0.39 is 11.6 Å². The van der Waals surface area contributed by atoms with Gasteiger partial charge in [-0.1, -0.05) is 0 Å². The second-order valence-electron chi connectivity index (χ2n) is 6.17. The molecule has 0 aromatic heterocycles. The Hall–Kier alpha value is -3.03. The number of nitrogens with zero attached hydrogens (tertiary/aromatic N) is 1. The summed E-state index contributed by atoms with van der Waals surface area (Å²) in [5.74, 6) is 1.69. The lowest BCUT2D eigenvalue weighted by Gasteiger charge is -2.16. The lowest BCUT2D eigenvalue weighted by molar-refractivity contribution is 0.368. The van der Waals surface area contributed by atoms with Crippen molar-refractivity contribution >= 4 is 5.96 Å². The number of rotatable bonds is 9. The first-order valence-corrected chi connectivity index (χ1v) is 9.19. The van der Waals surface area contributed by atoms with Crippen molar-refractivity contribution in [1.82, 2.24) is 10.6 Å². The van der Waals surface area contributed by atoms with Gasteiger partial charge < -0.3 is 24.8 Å². The van der Waals surface area contributed by atoms with Gasteiger partial charge in [0.25, 0.3) is 0 Å². The number of hydrogen-bond acceptors (Lipinski definition) is 4. The van der Waals surface area contributed by atoms with E-state index in [1.807, 2.05) is 0 Å². The van der Waals surface area contributed by atoms with E-state index in [1.165, 1.54) is 6.07 Å². The molecular formula is C21H27F2N3O3. The minimum atomic E-state index is -0.453. The van der Waals surface area contributed by atoms with Crippen molar-refractivity contribution in [3.05, 3.63) is 53.1 Å². The van der Waals surface area contributed by atoms with Crippen molar-refractivity contribution in [3.63, 3.8) is 0 Å². The third-order valence-corrected chi connectivity index (χ3v) is 4.40. The maximum Gasteiger partial charge on any atom is 0.190 e. The molecule has 6 nitrogen and oxygen atoms in total. The van der Waals surface area contributed by atoms with Gasteiger partial charge in [-0.25, -0.2) is 8.78 Å². The largest absolute Gasteiger partial charge is 0.496 e. The van der Waals surface area contributed by atoms with Gasteiger partial charge in [0.05, 0.1) is 21.3 Å². The zero-order chi connectivity index (χ0) is 21.2. The molecule has 0 bridgehead atoms. The van der Waals surface area contributed by atoms with Crippen LogP contribution >= 0.6 is 0 Å². The molecule has 0 heterocycles. The van der Waals surface area contributed by atoms with Crippen LogP contribution < -0.4 is 24.8 Å². The fraction of sp³-hybridized carbons (Fsp3) is 0.381. The number of ether oxygens (including phenoxy) is 3. The zero-order valence-electron chi connectivity index (χ0n) is 17.1. The Balaban J connectivity index is 1.91. The topological polar surface area (TPSA) is 64.1 Å². The summed E-state index contributed by atoms with van der Waals surface area (Å²) in [5.41, 5.74) is 1.22. The highest BCUT2D eigenvalue weighted by atomic mass is 19.1. The average molecular weight is 407 g/mol. The molecule has 0 saturated carbocycles.